The smallest absolute Gasteiger partial charge is 0.244 e. The van der Waals surface area contributed by atoms with Gasteiger partial charge < -0.3 is 10.1 Å². The van der Waals surface area contributed by atoms with Crippen LogP contribution in [0.2, 0.25) is 10.0 Å². The topological polar surface area (TPSA) is 75.7 Å². The van der Waals surface area contributed by atoms with Crippen LogP contribution in [0.1, 0.15) is 18.9 Å². The van der Waals surface area contributed by atoms with E-state index >= 15 is 0 Å². The van der Waals surface area contributed by atoms with Gasteiger partial charge in [0.05, 0.1) is 19.1 Å². The Morgan fingerprint density at radius 3 is 2.46 bits per heavy atom. The van der Waals surface area contributed by atoms with Gasteiger partial charge in [-0.15, -0.1) is 0 Å². The van der Waals surface area contributed by atoms with E-state index in [1.807, 2.05) is 6.07 Å². The third kappa shape index (κ3) is 5.31. The summed E-state index contributed by atoms with van der Waals surface area (Å²) in [5.74, 6) is -0.151. The molecule has 0 heterocycles. The predicted molar refractivity (Wildman–Crippen MR) is 113 cm³/mol. The van der Waals surface area contributed by atoms with E-state index in [0.29, 0.717) is 15.8 Å². The first-order valence-corrected chi connectivity index (χ1v) is 11.1. The number of nitrogens with zero attached hydrogens (tertiary/aromatic N) is 1. The lowest BCUT2D eigenvalue weighted by Crippen LogP contribution is -2.49. The first-order chi connectivity index (χ1) is 13.2. The van der Waals surface area contributed by atoms with Crippen molar-refractivity contribution < 1.29 is 17.9 Å². The molecule has 0 radical (unpaired) electrons. The van der Waals surface area contributed by atoms with E-state index < -0.39 is 22.0 Å². The van der Waals surface area contributed by atoms with Gasteiger partial charge in [0.15, 0.2) is 0 Å². The fraction of sp³-hybridized carbons (Fsp3) is 0.316. The Bertz CT molecular complexity index is 951. The summed E-state index contributed by atoms with van der Waals surface area (Å²) in [6.07, 6.45) is 1.29. The van der Waals surface area contributed by atoms with Gasteiger partial charge in [-0.1, -0.05) is 48.3 Å². The fourth-order valence-electron chi connectivity index (χ4n) is 2.81. The predicted octanol–water partition coefficient (Wildman–Crippen LogP) is 3.86. The zero-order valence-electron chi connectivity index (χ0n) is 15.8. The molecule has 28 heavy (non-hydrogen) atoms. The molecular weight excluding hydrogens is 423 g/mol. The summed E-state index contributed by atoms with van der Waals surface area (Å²) in [5, 5.41) is 3.61. The van der Waals surface area contributed by atoms with Crippen molar-refractivity contribution in [1.82, 2.24) is 5.32 Å². The largest absolute Gasteiger partial charge is 0.495 e. The summed E-state index contributed by atoms with van der Waals surface area (Å²) in [7, 11) is -2.38. The van der Waals surface area contributed by atoms with Crippen LogP contribution in [0, 0.1) is 0 Å². The number of carbonyl (C=O) groups is 1. The minimum absolute atomic E-state index is 0.180. The first kappa shape index (κ1) is 22.3. The average Bonchev–Trinajstić information content (AvgIpc) is 2.64. The molecule has 1 amide bonds. The molecule has 0 aliphatic carbocycles. The summed E-state index contributed by atoms with van der Waals surface area (Å²) in [4.78, 5) is 12.9. The molecule has 1 N–H and O–H groups in total. The van der Waals surface area contributed by atoms with Crippen molar-refractivity contribution in [2.45, 2.75) is 25.9 Å². The SMILES string of the molecule is CC[C@H](C(=O)NCc1ccccc1Cl)N(c1cc(Cl)ccc1OC)S(C)(=O)=O. The van der Waals surface area contributed by atoms with Gasteiger partial charge in [0.2, 0.25) is 15.9 Å². The number of halogens is 2. The standard InChI is InChI=1S/C19H22Cl2N2O4S/c1-4-16(19(24)22-12-13-7-5-6-8-15(13)21)23(28(3,25)26)17-11-14(20)9-10-18(17)27-2/h5-11,16H,4,12H2,1-3H3,(H,22,24)/t16-/m1/s1. The van der Waals surface area contributed by atoms with Crippen molar-refractivity contribution >= 4 is 44.8 Å². The van der Waals surface area contributed by atoms with Gasteiger partial charge in [0, 0.05) is 16.6 Å². The summed E-state index contributed by atoms with van der Waals surface area (Å²) < 4.78 is 31.5. The normalized spacial score (nSPS) is 12.3. The van der Waals surface area contributed by atoms with E-state index in [4.69, 9.17) is 27.9 Å². The van der Waals surface area contributed by atoms with Crippen molar-refractivity contribution in [2.75, 3.05) is 17.7 Å². The molecule has 6 nitrogen and oxygen atoms in total. The van der Waals surface area contributed by atoms with E-state index in [1.54, 1.807) is 37.3 Å². The molecule has 2 aromatic carbocycles. The van der Waals surface area contributed by atoms with E-state index in [9.17, 15) is 13.2 Å². The number of amides is 1. The van der Waals surface area contributed by atoms with Crippen molar-refractivity contribution in [3.63, 3.8) is 0 Å². The number of rotatable bonds is 8. The maximum Gasteiger partial charge on any atom is 0.244 e. The molecule has 9 heteroatoms. The van der Waals surface area contributed by atoms with Crippen LogP contribution in [0.4, 0.5) is 5.69 Å². The van der Waals surface area contributed by atoms with Gasteiger partial charge in [0.25, 0.3) is 0 Å². The van der Waals surface area contributed by atoms with Gasteiger partial charge in [0.1, 0.15) is 11.8 Å². The van der Waals surface area contributed by atoms with Gasteiger partial charge in [-0.25, -0.2) is 8.42 Å². The molecule has 1 atom stereocenters. The molecule has 2 aromatic rings. The van der Waals surface area contributed by atoms with Crippen LogP contribution in [0.15, 0.2) is 42.5 Å². The highest BCUT2D eigenvalue weighted by Gasteiger charge is 2.33. The summed E-state index contributed by atoms with van der Waals surface area (Å²) in [5.41, 5.74) is 0.941. The molecule has 152 valence electrons. The van der Waals surface area contributed by atoms with Crippen LogP contribution in [0.3, 0.4) is 0 Å². The van der Waals surface area contributed by atoms with Crippen LogP contribution in [-0.2, 0) is 21.4 Å². The Morgan fingerprint density at radius 1 is 1.21 bits per heavy atom. The van der Waals surface area contributed by atoms with Crippen LogP contribution < -0.4 is 14.4 Å². The molecule has 0 aromatic heterocycles. The first-order valence-electron chi connectivity index (χ1n) is 8.53. The number of anilines is 1. The van der Waals surface area contributed by atoms with Crippen LogP contribution in [0.5, 0.6) is 5.75 Å². The van der Waals surface area contributed by atoms with Crippen LogP contribution >= 0.6 is 23.2 Å². The van der Waals surface area contributed by atoms with Crippen molar-refractivity contribution in [3.8, 4) is 5.75 Å². The minimum Gasteiger partial charge on any atom is -0.495 e. The number of sulfonamides is 1. The number of benzene rings is 2. The quantitative estimate of drug-likeness (QED) is 0.670. The van der Waals surface area contributed by atoms with Crippen molar-refractivity contribution in [2.24, 2.45) is 0 Å². The highest BCUT2D eigenvalue weighted by molar-refractivity contribution is 7.92. The zero-order valence-corrected chi connectivity index (χ0v) is 18.1. The molecule has 0 aliphatic heterocycles. The third-order valence-corrected chi connectivity index (χ3v) is 5.89. The Hall–Kier alpha value is -1.96. The molecule has 0 aliphatic rings. The highest BCUT2D eigenvalue weighted by atomic mass is 35.5. The maximum atomic E-state index is 12.9. The van der Waals surface area contributed by atoms with Crippen LogP contribution in [0.25, 0.3) is 0 Å². The summed E-state index contributed by atoms with van der Waals surface area (Å²) in [6.45, 7) is 1.91. The second kappa shape index (κ2) is 9.49. The summed E-state index contributed by atoms with van der Waals surface area (Å²) in [6, 6.07) is 10.7. The molecule has 0 saturated heterocycles. The Labute approximate surface area is 175 Å². The summed E-state index contributed by atoms with van der Waals surface area (Å²) >= 11 is 12.2. The Kier molecular flexibility index (Phi) is 7.57. The number of carbonyl (C=O) groups excluding carboxylic acids is 1. The van der Waals surface area contributed by atoms with Gasteiger partial charge in [-0.3, -0.25) is 9.10 Å². The second-order valence-electron chi connectivity index (χ2n) is 6.11. The minimum atomic E-state index is -3.81. The molecule has 0 bridgehead atoms. The number of hydrogen-bond donors (Lipinski definition) is 1. The number of hydrogen-bond acceptors (Lipinski definition) is 4. The molecule has 0 unspecified atom stereocenters. The molecule has 0 saturated carbocycles. The van der Waals surface area contributed by atoms with E-state index in [0.717, 1.165) is 16.1 Å². The average molecular weight is 445 g/mol. The van der Waals surface area contributed by atoms with Gasteiger partial charge in [-0.05, 0) is 36.2 Å². The Morgan fingerprint density at radius 2 is 1.89 bits per heavy atom. The lowest BCUT2D eigenvalue weighted by atomic mass is 10.1. The van der Waals surface area contributed by atoms with Crippen LogP contribution in [-0.4, -0.2) is 33.7 Å². The van der Waals surface area contributed by atoms with Crippen molar-refractivity contribution in [1.29, 1.82) is 0 Å². The molecule has 0 spiro atoms. The Balaban J connectivity index is 2.37. The third-order valence-electron chi connectivity index (χ3n) is 4.12. The van der Waals surface area contributed by atoms with E-state index in [1.165, 1.54) is 13.2 Å². The number of nitrogens with one attached hydrogen (secondary N) is 1. The lowest BCUT2D eigenvalue weighted by Gasteiger charge is -2.31. The fourth-order valence-corrected chi connectivity index (χ4v) is 4.39. The zero-order chi connectivity index (χ0) is 20.9. The van der Waals surface area contributed by atoms with E-state index in [-0.39, 0.29) is 18.7 Å². The van der Waals surface area contributed by atoms with Gasteiger partial charge in [-0.2, -0.15) is 0 Å². The monoisotopic (exact) mass is 444 g/mol. The second-order valence-corrected chi connectivity index (χ2v) is 8.81. The number of methoxy groups -OCH3 is 1. The molecule has 2 rings (SSSR count). The molecular formula is C19H22Cl2N2O4S. The van der Waals surface area contributed by atoms with Crippen molar-refractivity contribution in [3.05, 3.63) is 58.1 Å². The van der Waals surface area contributed by atoms with E-state index in [2.05, 4.69) is 5.32 Å². The lowest BCUT2D eigenvalue weighted by molar-refractivity contribution is -0.122. The maximum absolute atomic E-state index is 12.9. The molecule has 0 fully saturated rings. The highest BCUT2D eigenvalue weighted by Crippen LogP contribution is 2.34. The number of ether oxygens (including phenoxy) is 1. The van der Waals surface area contributed by atoms with Gasteiger partial charge >= 0.3 is 0 Å².